The molecular formula is C15H24ClN3O3S. The topological polar surface area (TPSA) is 92.5 Å². The first kappa shape index (κ1) is 19.9. The lowest BCUT2D eigenvalue weighted by Gasteiger charge is -2.30. The van der Waals surface area contributed by atoms with Crippen molar-refractivity contribution in [1.29, 1.82) is 0 Å². The van der Waals surface area contributed by atoms with Gasteiger partial charge in [-0.15, -0.1) is 12.4 Å². The van der Waals surface area contributed by atoms with Gasteiger partial charge in [-0.1, -0.05) is 30.3 Å². The van der Waals surface area contributed by atoms with Gasteiger partial charge in [0.15, 0.2) is 0 Å². The normalized spacial score (nSPS) is 18.0. The molecule has 8 heteroatoms. The number of benzene rings is 1. The van der Waals surface area contributed by atoms with Crippen molar-refractivity contribution in [2.75, 3.05) is 19.3 Å². The molecule has 0 radical (unpaired) electrons. The van der Waals surface area contributed by atoms with Crippen molar-refractivity contribution in [3.05, 3.63) is 35.9 Å². The Labute approximate surface area is 143 Å². The number of rotatable bonds is 5. The molecule has 1 amide bonds. The predicted octanol–water partition coefficient (Wildman–Crippen LogP) is 1.04. The fourth-order valence-electron chi connectivity index (χ4n) is 2.64. The number of carbonyl (C=O) groups is 1. The third-order valence-electron chi connectivity index (χ3n) is 3.92. The maximum atomic E-state index is 12.1. The maximum absolute atomic E-state index is 12.1. The minimum Gasteiger partial charge on any atom is -0.353 e. The van der Waals surface area contributed by atoms with E-state index < -0.39 is 10.0 Å². The van der Waals surface area contributed by atoms with Gasteiger partial charge in [0.2, 0.25) is 15.9 Å². The van der Waals surface area contributed by atoms with Crippen molar-refractivity contribution < 1.29 is 13.2 Å². The van der Waals surface area contributed by atoms with E-state index in [4.69, 9.17) is 5.73 Å². The van der Waals surface area contributed by atoms with Crippen molar-refractivity contribution in [2.45, 2.75) is 31.3 Å². The van der Waals surface area contributed by atoms with Crippen molar-refractivity contribution in [2.24, 2.45) is 5.73 Å². The Bertz CT molecular complexity index is 602. The number of nitrogens with zero attached hydrogens (tertiary/aromatic N) is 1. The standard InChI is InChI=1S/C15H23N3O3S.ClH/c1-22(20,21)18-9-7-13(8-10-18)17-15(19)11-14(16)12-5-3-2-4-6-12;/h2-6,13-14H,7-11,16H2,1H3,(H,17,19);1H. The van der Waals surface area contributed by atoms with Gasteiger partial charge in [-0.2, -0.15) is 0 Å². The van der Waals surface area contributed by atoms with Gasteiger partial charge in [0, 0.05) is 31.6 Å². The summed E-state index contributed by atoms with van der Waals surface area (Å²) in [4.78, 5) is 12.1. The molecule has 1 aromatic carbocycles. The van der Waals surface area contributed by atoms with Crippen LogP contribution in [0.5, 0.6) is 0 Å². The molecule has 1 atom stereocenters. The fraction of sp³-hybridized carbons (Fsp3) is 0.533. The zero-order valence-corrected chi connectivity index (χ0v) is 14.8. The summed E-state index contributed by atoms with van der Waals surface area (Å²) in [6.07, 6.45) is 2.72. The van der Waals surface area contributed by atoms with Crippen LogP contribution < -0.4 is 11.1 Å². The Morgan fingerprint density at radius 3 is 2.39 bits per heavy atom. The molecule has 0 aliphatic carbocycles. The molecule has 0 aromatic heterocycles. The molecule has 0 bridgehead atoms. The van der Waals surface area contributed by atoms with Crippen LogP contribution in [0.25, 0.3) is 0 Å². The van der Waals surface area contributed by atoms with Gasteiger partial charge in [0.1, 0.15) is 0 Å². The monoisotopic (exact) mass is 361 g/mol. The van der Waals surface area contributed by atoms with E-state index in [9.17, 15) is 13.2 Å². The molecular weight excluding hydrogens is 338 g/mol. The molecule has 2 rings (SSSR count). The Balaban J connectivity index is 0.00000264. The van der Waals surface area contributed by atoms with Crippen LogP contribution >= 0.6 is 12.4 Å². The second-order valence-corrected chi connectivity index (χ2v) is 7.71. The lowest BCUT2D eigenvalue weighted by molar-refractivity contribution is -0.122. The molecule has 1 fully saturated rings. The Morgan fingerprint density at radius 1 is 1.30 bits per heavy atom. The third-order valence-corrected chi connectivity index (χ3v) is 5.22. The highest BCUT2D eigenvalue weighted by molar-refractivity contribution is 7.88. The Hall–Kier alpha value is -1.15. The second kappa shape index (κ2) is 8.63. The smallest absolute Gasteiger partial charge is 0.222 e. The van der Waals surface area contributed by atoms with Gasteiger partial charge in [-0.3, -0.25) is 4.79 Å². The molecule has 1 aromatic rings. The van der Waals surface area contributed by atoms with Crippen molar-refractivity contribution in [3.8, 4) is 0 Å². The summed E-state index contributed by atoms with van der Waals surface area (Å²) in [5.74, 6) is -0.0887. The summed E-state index contributed by atoms with van der Waals surface area (Å²) in [5, 5.41) is 2.95. The number of sulfonamides is 1. The number of piperidine rings is 1. The van der Waals surface area contributed by atoms with E-state index in [0.29, 0.717) is 25.9 Å². The molecule has 6 nitrogen and oxygen atoms in total. The highest BCUT2D eigenvalue weighted by atomic mass is 35.5. The predicted molar refractivity (Wildman–Crippen MR) is 92.8 cm³/mol. The quantitative estimate of drug-likeness (QED) is 0.819. The lowest BCUT2D eigenvalue weighted by Crippen LogP contribution is -2.46. The first-order valence-corrected chi connectivity index (χ1v) is 9.26. The molecule has 1 aliphatic rings. The highest BCUT2D eigenvalue weighted by Crippen LogP contribution is 2.16. The summed E-state index contributed by atoms with van der Waals surface area (Å²) in [5.41, 5.74) is 6.97. The molecule has 1 saturated heterocycles. The number of hydrogen-bond donors (Lipinski definition) is 2. The summed E-state index contributed by atoms with van der Waals surface area (Å²) in [7, 11) is -3.13. The van der Waals surface area contributed by atoms with Crippen LogP contribution in [0.2, 0.25) is 0 Å². The minimum atomic E-state index is -3.13. The Morgan fingerprint density at radius 2 is 1.87 bits per heavy atom. The molecule has 1 aliphatic heterocycles. The van der Waals surface area contributed by atoms with Gasteiger partial charge >= 0.3 is 0 Å². The third kappa shape index (κ3) is 6.10. The van der Waals surface area contributed by atoms with Gasteiger partial charge in [0.25, 0.3) is 0 Å². The van der Waals surface area contributed by atoms with E-state index in [1.165, 1.54) is 10.6 Å². The van der Waals surface area contributed by atoms with Crippen LogP contribution in [-0.4, -0.2) is 44.0 Å². The second-order valence-electron chi connectivity index (χ2n) is 5.73. The summed E-state index contributed by atoms with van der Waals surface area (Å²) < 4.78 is 24.3. The SMILES string of the molecule is CS(=O)(=O)N1CCC(NC(=O)CC(N)c2ccccc2)CC1.Cl. The largest absolute Gasteiger partial charge is 0.353 e. The van der Waals surface area contributed by atoms with Crippen LogP contribution in [0.15, 0.2) is 30.3 Å². The number of halogens is 1. The number of nitrogens with one attached hydrogen (secondary N) is 1. The summed E-state index contributed by atoms with van der Waals surface area (Å²) in [6, 6.07) is 9.21. The minimum absolute atomic E-state index is 0. The van der Waals surface area contributed by atoms with Crippen molar-refractivity contribution >= 4 is 28.3 Å². The van der Waals surface area contributed by atoms with Gasteiger partial charge in [-0.05, 0) is 18.4 Å². The average Bonchev–Trinajstić information content (AvgIpc) is 2.47. The van der Waals surface area contributed by atoms with E-state index in [1.54, 1.807) is 0 Å². The molecule has 1 heterocycles. The first-order chi connectivity index (χ1) is 10.4. The van der Waals surface area contributed by atoms with E-state index in [1.807, 2.05) is 30.3 Å². The fourth-order valence-corrected chi connectivity index (χ4v) is 3.51. The number of nitrogens with two attached hydrogens (primary N) is 1. The number of hydrogen-bond acceptors (Lipinski definition) is 4. The molecule has 130 valence electrons. The molecule has 0 saturated carbocycles. The molecule has 23 heavy (non-hydrogen) atoms. The van der Waals surface area contributed by atoms with Crippen LogP contribution in [-0.2, 0) is 14.8 Å². The molecule has 3 N–H and O–H groups in total. The van der Waals surface area contributed by atoms with E-state index >= 15 is 0 Å². The van der Waals surface area contributed by atoms with Crippen molar-refractivity contribution in [3.63, 3.8) is 0 Å². The van der Waals surface area contributed by atoms with Crippen molar-refractivity contribution in [1.82, 2.24) is 9.62 Å². The maximum Gasteiger partial charge on any atom is 0.222 e. The van der Waals surface area contributed by atoms with Gasteiger partial charge in [-0.25, -0.2) is 12.7 Å². The lowest BCUT2D eigenvalue weighted by atomic mass is 10.0. The highest BCUT2D eigenvalue weighted by Gasteiger charge is 2.26. The van der Waals surface area contributed by atoms with E-state index in [0.717, 1.165) is 5.56 Å². The van der Waals surface area contributed by atoms with E-state index in [2.05, 4.69) is 5.32 Å². The number of carbonyl (C=O) groups excluding carboxylic acids is 1. The zero-order valence-electron chi connectivity index (χ0n) is 13.1. The van der Waals surface area contributed by atoms with Gasteiger partial charge in [0.05, 0.1) is 6.26 Å². The van der Waals surface area contributed by atoms with E-state index in [-0.39, 0.29) is 36.8 Å². The molecule has 1 unspecified atom stereocenters. The average molecular weight is 362 g/mol. The number of amides is 1. The van der Waals surface area contributed by atoms with Crippen LogP contribution in [0.4, 0.5) is 0 Å². The Kier molecular flexibility index (Phi) is 7.47. The molecule has 0 spiro atoms. The zero-order chi connectivity index (χ0) is 16.2. The van der Waals surface area contributed by atoms with Crippen LogP contribution in [0.3, 0.4) is 0 Å². The van der Waals surface area contributed by atoms with Crippen LogP contribution in [0.1, 0.15) is 30.9 Å². The summed E-state index contributed by atoms with van der Waals surface area (Å²) in [6.45, 7) is 0.906. The van der Waals surface area contributed by atoms with Gasteiger partial charge < -0.3 is 11.1 Å². The first-order valence-electron chi connectivity index (χ1n) is 7.41. The van der Waals surface area contributed by atoms with Crippen LogP contribution in [0, 0.1) is 0 Å². The summed E-state index contributed by atoms with van der Waals surface area (Å²) >= 11 is 0.